The molecule has 2 amide bonds. The van der Waals surface area contributed by atoms with Crippen LogP contribution in [0.5, 0.6) is 0 Å². The predicted octanol–water partition coefficient (Wildman–Crippen LogP) is 1.10. The molecule has 4 atom stereocenters. The fourth-order valence-corrected chi connectivity index (χ4v) is 3.96. The summed E-state index contributed by atoms with van der Waals surface area (Å²) in [4.78, 5) is 49.3. The SMILES string of the molecule is O=C(Cc1ccccc1)N[C@@H]1C(=O)N(C(Cl)C(=O)O)[C@@H]1CCC(=O)[C@@H]1CCCO1. The molecule has 0 aliphatic carbocycles. The molecule has 3 rings (SSSR count). The molecule has 1 unspecified atom stereocenters. The summed E-state index contributed by atoms with van der Waals surface area (Å²) in [6.07, 6.45) is 1.46. The van der Waals surface area contributed by atoms with E-state index in [-0.39, 0.29) is 31.0 Å². The first-order valence-corrected chi connectivity index (χ1v) is 9.99. The van der Waals surface area contributed by atoms with Crippen molar-refractivity contribution in [1.29, 1.82) is 0 Å². The van der Waals surface area contributed by atoms with Gasteiger partial charge < -0.3 is 20.1 Å². The number of β-lactam (4-membered cyclic amide) rings is 1. The highest BCUT2D eigenvalue weighted by molar-refractivity contribution is 6.30. The third-order valence-corrected chi connectivity index (χ3v) is 5.61. The minimum absolute atomic E-state index is 0.0855. The van der Waals surface area contributed by atoms with Crippen molar-refractivity contribution in [3.8, 4) is 0 Å². The van der Waals surface area contributed by atoms with E-state index in [9.17, 15) is 19.2 Å². The molecule has 0 bridgehead atoms. The predicted molar refractivity (Wildman–Crippen MR) is 103 cm³/mol. The zero-order chi connectivity index (χ0) is 21.0. The van der Waals surface area contributed by atoms with E-state index in [0.29, 0.717) is 13.0 Å². The van der Waals surface area contributed by atoms with E-state index in [2.05, 4.69) is 5.32 Å². The van der Waals surface area contributed by atoms with Crippen molar-refractivity contribution in [3.63, 3.8) is 0 Å². The quantitative estimate of drug-likeness (QED) is 0.350. The van der Waals surface area contributed by atoms with Crippen LogP contribution in [0.15, 0.2) is 30.3 Å². The Hall–Kier alpha value is -2.45. The van der Waals surface area contributed by atoms with Gasteiger partial charge in [0.2, 0.25) is 17.3 Å². The molecular weight excluding hydrogens is 400 g/mol. The Morgan fingerprint density at radius 3 is 2.62 bits per heavy atom. The van der Waals surface area contributed by atoms with Gasteiger partial charge in [0.1, 0.15) is 12.1 Å². The van der Waals surface area contributed by atoms with Gasteiger partial charge in [-0.2, -0.15) is 0 Å². The van der Waals surface area contributed by atoms with Crippen LogP contribution < -0.4 is 5.32 Å². The summed E-state index contributed by atoms with van der Waals surface area (Å²) in [7, 11) is 0. The first-order valence-electron chi connectivity index (χ1n) is 9.55. The van der Waals surface area contributed by atoms with E-state index in [4.69, 9.17) is 21.4 Å². The fraction of sp³-hybridized carbons (Fsp3) is 0.500. The molecule has 2 aliphatic rings. The molecule has 1 aromatic rings. The van der Waals surface area contributed by atoms with Crippen LogP contribution >= 0.6 is 11.6 Å². The lowest BCUT2D eigenvalue weighted by molar-refractivity contribution is -0.163. The van der Waals surface area contributed by atoms with Gasteiger partial charge in [-0.3, -0.25) is 14.4 Å². The lowest BCUT2D eigenvalue weighted by Crippen LogP contribution is -2.73. The third kappa shape index (κ3) is 4.94. The van der Waals surface area contributed by atoms with Gasteiger partial charge in [-0.15, -0.1) is 0 Å². The smallest absolute Gasteiger partial charge is 0.342 e. The number of carboxylic acids is 1. The van der Waals surface area contributed by atoms with Crippen LogP contribution in [0.4, 0.5) is 0 Å². The van der Waals surface area contributed by atoms with Crippen molar-refractivity contribution in [1.82, 2.24) is 10.2 Å². The topological polar surface area (TPSA) is 113 Å². The molecule has 0 saturated carbocycles. The minimum Gasteiger partial charge on any atom is -0.479 e. The molecule has 2 fully saturated rings. The van der Waals surface area contributed by atoms with Crippen molar-refractivity contribution in [2.24, 2.45) is 0 Å². The molecular formula is C20H23ClN2O6. The number of hydrogen-bond donors (Lipinski definition) is 2. The number of ketones is 1. The van der Waals surface area contributed by atoms with Gasteiger partial charge in [0.05, 0.1) is 12.5 Å². The third-order valence-electron chi connectivity index (χ3n) is 5.21. The number of benzene rings is 1. The Morgan fingerprint density at radius 1 is 1.28 bits per heavy atom. The summed E-state index contributed by atoms with van der Waals surface area (Å²) >= 11 is 5.86. The summed E-state index contributed by atoms with van der Waals surface area (Å²) in [5.74, 6) is -2.36. The number of nitrogens with zero attached hydrogens (tertiary/aromatic N) is 1. The van der Waals surface area contributed by atoms with Crippen molar-refractivity contribution in [3.05, 3.63) is 35.9 Å². The fourth-order valence-electron chi connectivity index (χ4n) is 3.72. The molecule has 0 aromatic heterocycles. The minimum atomic E-state index is -1.55. The number of ether oxygens (including phenoxy) is 1. The van der Waals surface area contributed by atoms with Gasteiger partial charge in [0.25, 0.3) is 0 Å². The first kappa shape index (κ1) is 21.3. The second kappa shape index (κ2) is 9.37. The number of carboxylic acid groups (broad SMARTS) is 1. The molecule has 8 nitrogen and oxygen atoms in total. The maximum Gasteiger partial charge on any atom is 0.342 e. The molecule has 1 aromatic carbocycles. The molecule has 156 valence electrons. The van der Waals surface area contributed by atoms with Crippen molar-refractivity contribution in [2.75, 3.05) is 6.61 Å². The highest BCUT2D eigenvalue weighted by Crippen LogP contribution is 2.29. The zero-order valence-corrected chi connectivity index (χ0v) is 16.5. The van der Waals surface area contributed by atoms with Gasteiger partial charge in [0, 0.05) is 13.0 Å². The van der Waals surface area contributed by atoms with Crippen LogP contribution in [0, 0.1) is 0 Å². The molecule has 2 N–H and O–H groups in total. The monoisotopic (exact) mass is 422 g/mol. The van der Waals surface area contributed by atoms with Crippen LogP contribution in [0.1, 0.15) is 31.2 Å². The maximum absolute atomic E-state index is 12.5. The van der Waals surface area contributed by atoms with Crippen LogP contribution in [-0.2, 0) is 30.3 Å². The van der Waals surface area contributed by atoms with E-state index in [1.165, 1.54) is 0 Å². The number of nitrogens with one attached hydrogen (secondary N) is 1. The van der Waals surface area contributed by atoms with Crippen LogP contribution in [-0.4, -0.2) is 63.9 Å². The Kier molecular flexibility index (Phi) is 6.87. The van der Waals surface area contributed by atoms with Gasteiger partial charge in [0.15, 0.2) is 5.78 Å². The number of carbonyl (C=O) groups is 4. The van der Waals surface area contributed by atoms with E-state index < -0.39 is 35.6 Å². The number of Topliss-reactive ketones (excluding diaryl/α,β-unsaturated/α-hetero) is 1. The van der Waals surface area contributed by atoms with E-state index in [0.717, 1.165) is 16.9 Å². The number of hydrogen-bond acceptors (Lipinski definition) is 5. The van der Waals surface area contributed by atoms with Crippen LogP contribution in [0.25, 0.3) is 0 Å². The standard InChI is InChI=1S/C20H23ClN2O6/c21-18(20(27)28)23-13(8-9-14(24)15-7-4-10-29-15)17(19(23)26)22-16(25)11-12-5-2-1-3-6-12/h1-3,5-6,13,15,17-18H,4,7-11H2,(H,22,25)(H,27,28)/t13-,15+,17+,18?/m1/s1. The number of rotatable bonds is 9. The summed E-state index contributed by atoms with van der Waals surface area (Å²) in [6.45, 7) is 0.547. The molecule has 9 heteroatoms. The average Bonchev–Trinajstić information content (AvgIpc) is 3.24. The molecule has 0 spiro atoms. The molecule has 2 heterocycles. The van der Waals surface area contributed by atoms with Crippen LogP contribution in [0.2, 0.25) is 0 Å². The summed E-state index contributed by atoms with van der Waals surface area (Å²) in [5, 5.41) is 11.8. The maximum atomic E-state index is 12.5. The molecule has 0 radical (unpaired) electrons. The summed E-state index contributed by atoms with van der Waals surface area (Å²) < 4.78 is 5.37. The molecule has 2 saturated heterocycles. The summed E-state index contributed by atoms with van der Waals surface area (Å²) in [5.41, 5.74) is -0.757. The van der Waals surface area contributed by atoms with E-state index >= 15 is 0 Å². The summed E-state index contributed by atoms with van der Waals surface area (Å²) in [6, 6.07) is 7.49. The van der Waals surface area contributed by atoms with Gasteiger partial charge in [-0.1, -0.05) is 41.9 Å². The highest BCUT2D eigenvalue weighted by Gasteiger charge is 2.52. The van der Waals surface area contributed by atoms with E-state index in [1.807, 2.05) is 18.2 Å². The second-order valence-corrected chi connectivity index (χ2v) is 7.61. The number of carbonyl (C=O) groups excluding carboxylic acids is 3. The van der Waals surface area contributed by atoms with E-state index in [1.54, 1.807) is 12.1 Å². The highest BCUT2D eigenvalue weighted by atomic mass is 35.5. The zero-order valence-electron chi connectivity index (χ0n) is 15.8. The Morgan fingerprint density at radius 2 is 2.00 bits per heavy atom. The average molecular weight is 423 g/mol. The van der Waals surface area contributed by atoms with Gasteiger partial charge in [-0.05, 0) is 24.8 Å². The van der Waals surface area contributed by atoms with Gasteiger partial charge >= 0.3 is 5.97 Å². The number of likely N-dealkylation sites (tertiary alicyclic amines) is 1. The second-order valence-electron chi connectivity index (χ2n) is 7.20. The van der Waals surface area contributed by atoms with Crippen molar-refractivity contribution in [2.45, 2.75) is 55.8 Å². The number of halogens is 1. The Balaban J connectivity index is 1.63. The number of alkyl halides is 1. The molecule has 29 heavy (non-hydrogen) atoms. The first-order chi connectivity index (χ1) is 13.9. The Labute approximate surface area is 173 Å². The van der Waals surface area contributed by atoms with Crippen molar-refractivity contribution < 1.29 is 29.0 Å². The van der Waals surface area contributed by atoms with Gasteiger partial charge in [-0.25, -0.2) is 4.79 Å². The Bertz CT molecular complexity index is 780. The number of aliphatic carboxylic acids is 1. The molecule has 2 aliphatic heterocycles. The lowest BCUT2D eigenvalue weighted by atomic mass is 9.89. The van der Waals surface area contributed by atoms with Crippen molar-refractivity contribution >= 4 is 35.2 Å². The lowest BCUT2D eigenvalue weighted by Gasteiger charge is -2.48. The van der Waals surface area contributed by atoms with Crippen LogP contribution in [0.3, 0.4) is 0 Å². The number of amides is 2. The largest absolute Gasteiger partial charge is 0.479 e. The normalized spacial score (nSPS) is 24.7.